The van der Waals surface area contributed by atoms with Gasteiger partial charge < -0.3 is 5.32 Å². The summed E-state index contributed by atoms with van der Waals surface area (Å²) in [7, 11) is -1.67. The Balaban J connectivity index is 2.23. The van der Waals surface area contributed by atoms with Crippen LogP contribution in [0.5, 0.6) is 0 Å². The third kappa shape index (κ3) is 4.70. The standard InChI is InChI=1S/C8H15N3O2S2/c1-7-11-6-8(14-7)5-10-3-4-15(12,13)9-2/h6,9-10H,3-5H2,1-2H3. The van der Waals surface area contributed by atoms with Crippen LogP contribution in [-0.4, -0.2) is 32.7 Å². The normalized spacial score (nSPS) is 11.9. The summed E-state index contributed by atoms with van der Waals surface area (Å²) in [5.74, 6) is 0.0985. The minimum Gasteiger partial charge on any atom is -0.311 e. The van der Waals surface area contributed by atoms with E-state index in [0.29, 0.717) is 13.1 Å². The fourth-order valence-electron chi connectivity index (χ4n) is 1.01. The predicted molar refractivity (Wildman–Crippen MR) is 61.4 cm³/mol. The molecule has 0 aromatic carbocycles. The van der Waals surface area contributed by atoms with Gasteiger partial charge in [0.15, 0.2) is 0 Å². The molecule has 0 radical (unpaired) electrons. The van der Waals surface area contributed by atoms with Crippen molar-refractivity contribution in [3.05, 3.63) is 16.1 Å². The van der Waals surface area contributed by atoms with Crippen molar-refractivity contribution in [3.8, 4) is 0 Å². The molecule has 2 N–H and O–H groups in total. The summed E-state index contributed by atoms with van der Waals surface area (Å²) >= 11 is 1.61. The van der Waals surface area contributed by atoms with Crippen LogP contribution < -0.4 is 10.0 Å². The Hall–Kier alpha value is -0.500. The molecule has 7 heteroatoms. The first-order valence-corrected chi connectivity index (χ1v) is 7.03. The molecule has 0 aliphatic rings. The van der Waals surface area contributed by atoms with Gasteiger partial charge in [0.1, 0.15) is 0 Å². The van der Waals surface area contributed by atoms with Gasteiger partial charge in [0.2, 0.25) is 10.0 Å². The lowest BCUT2D eigenvalue weighted by molar-refractivity contribution is 0.583. The molecule has 0 atom stereocenters. The van der Waals surface area contributed by atoms with Crippen LogP contribution in [0.15, 0.2) is 6.20 Å². The first-order valence-electron chi connectivity index (χ1n) is 4.57. The van der Waals surface area contributed by atoms with Gasteiger partial charge in [0.05, 0.1) is 10.8 Å². The summed E-state index contributed by atoms with van der Waals surface area (Å²) < 4.78 is 24.4. The molecule has 5 nitrogen and oxygen atoms in total. The Kier molecular flexibility index (Phi) is 4.65. The number of hydrogen-bond acceptors (Lipinski definition) is 5. The van der Waals surface area contributed by atoms with E-state index in [-0.39, 0.29) is 5.75 Å². The maximum absolute atomic E-state index is 11.1. The Morgan fingerprint density at radius 1 is 1.53 bits per heavy atom. The fourth-order valence-corrected chi connectivity index (χ4v) is 2.39. The van der Waals surface area contributed by atoms with Gasteiger partial charge in [-0.15, -0.1) is 11.3 Å². The molecule has 0 aliphatic carbocycles. The molecule has 0 saturated heterocycles. The number of thiazole rings is 1. The van der Waals surface area contributed by atoms with Crippen molar-refractivity contribution < 1.29 is 8.42 Å². The maximum Gasteiger partial charge on any atom is 0.212 e. The predicted octanol–water partition coefficient (Wildman–Crippen LogP) is 0.0903. The van der Waals surface area contributed by atoms with Gasteiger partial charge in [-0.05, 0) is 14.0 Å². The monoisotopic (exact) mass is 249 g/mol. The van der Waals surface area contributed by atoms with Crippen molar-refractivity contribution in [3.63, 3.8) is 0 Å². The van der Waals surface area contributed by atoms with Crippen molar-refractivity contribution in [1.82, 2.24) is 15.0 Å². The number of nitrogens with zero attached hydrogens (tertiary/aromatic N) is 1. The minimum atomic E-state index is -3.09. The number of hydrogen-bond donors (Lipinski definition) is 2. The zero-order valence-corrected chi connectivity index (χ0v) is 10.4. The molecule has 0 spiro atoms. The lowest BCUT2D eigenvalue weighted by atomic mass is 10.5. The highest BCUT2D eigenvalue weighted by Gasteiger charge is 2.05. The van der Waals surface area contributed by atoms with Gasteiger partial charge in [-0.2, -0.15) is 0 Å². The van der Waals surface area contributed by atoms with E-state index >= 15 is 0 Å². The fraction of sp³-hybridized carbons (Fsp3) is 0.625. The van der Waals surface area contributed by atoms with E-state index in [1.807, 2.05) is 6.92 Å². The van der Waals surface area contributed by atoms with Crippen LogP contribution in [0, 0.1) is 6.92 Å². The summed E-state index contributed by atoms with van der Waals surface area (Å²) in [6.07, 6.45) is 1.81. The summed E-state index contributed by atoms with van der Waals surface area (Å²) in [5.41, 5.74) is 0. The SMILES string of the molecule is CNS(=O)(=O)CCNCc1cnc(C)s1. The average Bonchev–Trinajstić information content (AvgIpc) is 2.59. The highest BCUT2D eigenvalue weighted by molar-refractivity contribution is 7.89. The first kappa shape index (κ1) is 12.6. The quantitative estimate of drug-likeness (QED) is 0.701. The van der Waals surface area contributed by atoms with Crippen LogP contribution in [0.25, 0.3) is 0 Å². The van der Waals surface area contributed by atoms with Crippen molar-refractivity contribution >= 4 is 21.4 Å². The Labute approximate surface area is 94.0 Å². The van der Waals surface area contributed by atoms with E-state index in [1.165, 1.54) is 7.05 Å². The number of aryl methyl sites for hydroxylation is 1. The molecule has 1 heterocycles. The molecule has 0 aliphatic heterocycles. The molecular formula is C8H15N3O2S2. The highest BCUT2D eigenvalue weighted by Crippen LogP contribution is 2.10. The van der Waals surface area contributed by atoms with Crippen molar-refractivity contribution in [2.75, 3.05) is 19.3 Å². The van der Waals surface area contributed by atoms with Gasteiger partial charge >= 0.3 is 0 Å². The smallest absolute Gasteiger partial charge is 0.212 e. The lowest BCUT2D eigenvalue weighted by Crippen LogP contribution is -2.29. The first-order chi connectivity index (χ1) is 7.03. The third-order valence-corrected chi connectivity index (χ3v) is 4.10. The van der Waals surface area contributed by atoms with Crippen molar-refractivity contribution in [2.45, 2.75) is 13.5 Å². The molecule has 1 aromatic rings. The van der Waals surface area contributed by atoms with Gasteiger partial charge in [0.25, 0.3) is 0 Å². The van der Waals surface area contributed by atoms with E-state index in [4.69, 9.17) is 0 Å². The summed E-state index contributed by atoms with van der Waals surface area (Å²) in [5, 5.41) is 4.08. The average molecular weight is 249 g/mol. The zero-order chi connectivity index (χ0) is 11.3. The van der Waals surface area contributed by atoms with E-state index in [0.717, 1.165) is 9.88 Å². The second kappa shape index (κ2) is 5.55. The van der Waals surface area contributed by atoms with Crippen LogP contribution in [-0.2, 0) is 16.6 Å². The topological polar surface area (TPSA) is 71.1 Å². The molecule has 0 bridgehead atoms. The Bertz CT molecular complexity index is 400. The molecule has 15 heavy (non-hydrogen) atoms. The van der Waals surface area contributed by atoms with E-state index < -0.39 is 10.0 Å². The van der Waals surface area contributed by atoms with Crippen LogP contribution in [0.1, 0.15) is 9.88 Å². The molecular weight excluding hydrogens is 234 g/mol. The summed E-state index contributed by atoms with van der Waals surface area (Å²) in [6, 6.07) is 0. The highest BCUT2D eigenvalue weighted by atomic mass is 32.2. The molecule has 86 valence electrons. The molecule has 0 saturated carbocycles. The maximum atomic E-state index is 11.1. The second-order valence-electron chi connectivity index (χ2n) is 3.05. The molecule has 0 unspecified atom stereocenters. The zero-order valence-electron chi connectivity index (χ0n) is 8.78. The van der Waals surface area contributed by atoms with Crippen LogP contribution in [0.2, 0.25) is 0 Å². The third-order valence-electron chi connectivity index (χ3n) is 1.83. The number of sulfonamides is 1. The van der Waals surface area contributed by atoms with Crippen LogP contribution in [0.4, 0.5) is 0 Å². The molecule has 0 amide bonds. The largest absolute Gasteiger partial charge is 0.311 e. The van der Waals surface area contributed by atoms with E-state index in [1.54, 1.807) is 17.5 Å². The van der Waals surface area contributed by atoms with Crippen molar-refractivity contribution in [1.29, 1.82) is 0 Å². The molecule has 0 fully saturated rings. The van der Waals surface area contributed by atoms with Crippen LogP contribution >= 0.6 is 11.3 Å². The van der Waals surface area contributed by atoms with Crippen LogP contribution in [0.3, 0.4) is 0 Å². The number of rotatable bonds is 6. The lowest BCUT2D eigenvalue weighted by Gasteiger charge is -2.03. The Morgan fingerprint density at radius 3 is 2.80 bits per heavy atom. The Morgan fingerprint density at radius 2 is 2.27 bits per heavy atom. The number of aromatic nitrogens is 1. The second-order valence-corrected chi connectivity index (χ2v) is 6.41. The number of nitrogens with one attached hydrogen (secondary N) is 2. The van der Waals surface area contributed by atoms with Gasteiger partial charge in [-0.3, -0.25) is 0 Å². The van der Waals surface area contributed by atoms with Gasteiger partial charge in [0, 0.05) is 24.2 Å². The van der Waals surface area contributed by atoms with Gasteiger partial charge in [-0.1, -0.05) is 0 Å². The minimum absolute atomic E-state index is 0.0985. The molecule has 1 aromatic heterocycles. The van der Waals surface area contributed by atoms with Crippen molar-refractivity contribution in [2.24, 2.45) is 0 Å². The molecule has 1 rings (SSSR count). The summed E-state index contributed by atoms with van der Waals surface area (Å²) in [6.45, 7) is 3.06. The van der Waals surface area contributed by atoms with Gasteiger partial charge in [-0.25, -0.2) is 18.1 Å². The van der Waals surface area contributed by atoms with E-state index in [2.05, 4.69) is 15.0 Å². The summed E-state index contributed by atoms with van der Waals surface area (Å²) in [4.78, 5) is 5.23. The van der Waals surface area contributed by atoms with E-state index in [9.17, 15) is 8.42 Å².